The molecule has 34 heavy (non-hydrogen) atoms. The molecule has 3 amide bonds. The number of aryl methyl sites for hydroxylation is 3. The maximum Gasteiger partial charge on any atom is 0.502 e. The predicted molar refractivity (Wildman–Crippen MR) is 132 cm³/mol. The van der Waals surface area contributed by atoms with Gasteiger partial charge < -0.3 is 0 Å². The summed E-state index contributed by atoms with van der Waals surface area (Å²) in [4.78, 5) is 38.6. The van der Waals surface area contributed by atoms with Crippen LogP contribution in [-0.2, 0) is 27.9 Å². The first-order valence-corrected chi connectivity index (χ1v) is 14.7. The van der Waals surface area contributed by atoms with Gasteiger partial charge in [0.15, 0.2) is 5.04 Å². The molecule has 0 saturated heterocycles. The van der Waals surface area contributed by atoms with Gasteiger partial charge in [0.25, 0.3) is 0 Å². The Balaban J connectivity index is 1.54. The summed E-state index contributed by atoms with van der Waals surface area (Å²) in [5, 5.41) is 2.16. The van der Waals surface area contributed by atoms with Crippen LogP contribution < -0.4 is 4.72 Å². The molecule has 1 saturated carbocycles. The van der Waals surface area contributed by atoms with Crippen LogP contribution >= 0.6 is 34.4 Å². The summed E-state index contributed by atoms with van der Waals surface area (Å²) < 4.78 is 30.5. The minimum atomic E-state index is -3.80. The molecule has 5 rings (SSSR count). The van der Waals surface area contributed by atoms with E-state index in [2.05, 4.69) is 14.7 Å². The van der Waals surface area contributed by atoms with E-state index in [4.69, 9.17) is 0 Å². The maximum absolute atomic E-state index is 13.6. The van der Waals surface area contributed by atoms with Crippen molar-refractivity contribution < 1.29 is 22.6 Å². The fraction of sp³-hybridized carbons (Fsp3) is 0.476. The zero-order valence-corrected chi connectivity index (χ0v) is 22.4. The van der Waals surface area contributed by atoms with Crippen LogP contribution in [-0.4, -0.2) is 50.4 Å². The van der Waals surface area contributed by atoms with Crippen molar-refractivity contribution in [3.63, 3.8) is 0 Å². The van der Waals surface area contributed by atoms with Gasteiger partial charge in [-0.1, -0.05) is 0 Å². The number of aromatic nitrogens is 2. The zero-order valence-electron chi connectivity index (χ0n) is 19.1. The first kappa shape index (κ1) is 23.8. The van der Waals surface area contributed by atoms with Crippen molar-refractivity contribution in [1.29, 1.82) is 0 Å². The first-order valence-electron chi connectivity index (χ1n) is 10.7. The lowest BCUT2D eigenvalue weighted by atomic mass is 10.1. The summed E-state index contributed by atoms with van der Waals surface area (Å²) in [6.45, 7) is 7.84. The van der Waals surface area contributed by atoms with E-state index >= 15 is 0 Å². The number of hydrogen-bond donors (Lipinski definition) is 1. The SMILES string of the molecule is Cc1ncc(CN2C(=O)C3C=C(S(=O)(=O)NC4(C)CC4)SC3=[N+](Cc3sc(C)nc3C)C2=O)s1. The molecular weight excluding hydrogens is 515 g/mol. The number of thiazole rings is 2. The van der Waals surface area contributed by atoms with Crippen molar-refractivity contribution in [3.8, 4) is 0 Å². The van der Waals surface area contributed by atoms with Crippen LogP contribution in [0.3, 0.4) is 0 Å². The van der Waals surface area contributed by atoms with Crippen molar-refractivity contribution >= 4 is 61.4 Å². The number of imide groups is 1. The van der Waals surface area contributed by atoms with Crippen molar-refractivity contribution in [2.45, 2.75) is 59.2 Å². The second kappa shape index (κ2) is 8.33. The number of urea groups is 1. The number of carbonyl (C=O) groups is 2. The van der Waals surface area contributed by atoms with E-state index in [9.17, 15) is 18.0 Å². The standard InChI is InChI=1S/C21H24N5O4S4/c1-11-16(32-13(3)23-11)10-26-19-15(7-17(33-19)34(29,30)24-21(4)5-6-21)18(27)25(20(26)28)9-14-8-22-12(2)31-14/h7-8,15,24H,5-6,9-10H2,1-4H3/q+1. The van der Waals surface area contributed by atoms with Gasteiger partial charge in [-0.25, -0.2) is 27.9 Å². The van der Waals surface area contributed by atoms with E-state index in [1.807, 2.05) is 27.7 Å². The highest BCUT2D eigenvalue weighted by molar-refractivity contribution is 8.27. The largest absolute Gasteiger partial charge is 0.502 e. The molecule has 2 aliphatic heterocycles. The molecule has 4 heterocycles. The molecule has 9 nitrogen and oxygen atoms in total. The summed E-state index contributed by atoms with van der Waals surface area (Å²) in [6, 6.07) is -0.464. The van der Waals surface area contributed by atoms with E-state index in [0.717, 1.165) is 50.1 Å². The van der Waals surface area contributed by atoms with E-state index in [1.54, 1.807) is 6.20 Å². The maximum atomic E-state index is 13.6. The Labute approximate surface area is 210 Å². The molecule has 1 atom stereocenters. The number of hydrogen-bond acceptors (Lipinski definition) is 9. The zero-order chi connectivity index (χ0) is 24.4. The number of nitrogens with one attached hydrogen (secondary N) is 1. The summed E-state index contributed by atoms with van der Waals surface area (Å²) in [5.74, 6) is -1.25. The van der Waals surface area contributed by atoms with Gasteiger partial charge in [0.05, 0.1) is 25.5 Å². The third-order valence-corrected chi connectivity index (χ3v) is 11.3. The minimum absolute atomic E-state index is 0.0690. The molecular formula is C21H24N5O4S4+. The highest BCUT2D eigenvalue weighted by Crippen LogP contribution is 2.42. The second-order valence-corrected chi connectivity index (χ2v) is 14.5. The topological polar surface area (TPSA) is 112 Å². The highest BCUT2D eigenvalue weighted by atomic mass is 32.3. The quantitative estimate of drug-likeness (QED) is 0.539. The summed E-state index contributed by atoms with van der Waals surface area (Å²) in [6.07, 6.45) is 4.70. The molecule has 180 valence electrons. The minimum Gasteiger partial charge on any atom is -0.250 e. The van der Waals surface area contributed by atoms with Gasteiger partial charge in [0, 0.05) is 11.7 Å². The second-order valence-electron chi connectivity index (χ2n) is 8.95. The number of nitrogens with zero attached hydrogens (tertiary/aromatic N) is 4. The monoisotopic (exact) mass is 538 g/mol. The molecule has 0 aromatic carbocycles. The normalized spacial score (nSPS) is 21.8. The van der Waals surface area contributed by atoms with Crippen LogP contribution in [0.2, 0.25) is 0 Å². The molecule has 0 radical (unpaired) electrons. The van der Waals surface area contributed by atoms with E-state index in [-0.39, 0.29) is 17.3 Å². The molecule has 1 fully saturated rings. The van der Waals surface area contributed by atoms with E-state index in [0.29, 0.717) is 5.04 Å². The van der Waals surface area contributed by atoms with Crippen molar-refractivity contribution in [2.24, 2.45) is 5.92 Å². The first-order chi connectivity index (χ1) is 16.0. The molecule has 13 heteroatoms. The van der Waals surface area contributed by atoms with Gasteiger partial charge in [-0.2, -0.15) is 14.3 Å². The van der Waals surface area contributed by atoms with Crippen LogP contribution in [0.1, 0.15) is 45.2 Å². The van der Waals surface area contributed by atoms with Gasteiger partial charge in [0.2, 0.25) is 10.0 Å². The number of fused-ring (bicyclic) bond motifs is 1. The number of rotatable bonds is 7. The molecule has 1 N–H and O–H groups in total. The Hall–Kier alpha value is -1.93. The number of carbonyl (C=O) groups excluding carboxylic acids is 2. The van der Waals surface area contributed by atoms with E-state index in [1.165, 1.54) is 38.2 Å². The Kier molecular flexibility index (Phi) is 5.83. The van der Waals surface area contributed by atoms with Gasteiger partial charge in [-0.15, -0.1) is 22.7 Å². The molecule has 0 bridgehead atoms. The van der Waals surface area contributed by atoms with Gasteiger partial charge >= 0.3 is 11.9 Å². The van der Waals surface area contributed by atoms with Gasteiger partial charge in [0.1, 0.15) is 23.2 Å². The Morgan fingerprint density at radius 2 is 1.94 bits per heavy atom. The summed E-state index contributed by atoms with van der Waals surface area (Å²) >= 11 is 3.90. The van der Waals surface area contributed by atoms with Crippen molar-refractivity contribution in [3.05, 3.63) is 42.0 Å². The van der Waals surface area contributed by atoms with Crippen LogP contribution in [0.4, 0.5) is 4.79 Å². The van der Waals surface area contributed by atoms with Crippen molar-refractivity contribution in [2.75, 3.05) is 0 Å². The number of sulfonamides is 1. The predicted octanol–water partition coefficient (Wildman–Crippen LogP) is 3.27. The fourth-order valence-corrected chi connectivity index (χ4v) is 8.67. The summed E-state index contributed by atoms with van der Waals surface area (Å²) in [7, 11) is -3.80. The molecule has 1 unspecified atom stereocenters. The third-order valence-electron chi connectivity index (χ3n) is 5.96. The van der Waals surface area contributed by atoms with Crippen LogP contribution in [0.25, 0.3) is 0 Å². The molecule has 2 aromatic rings. The lowest BCUT2D eigenvalue weighted by molar-refractivity contribution is -0.453. The highest BCUT2D eigenvalue weighted by Gasteiger charge is 2.53. The Morgan fingerprint density at radius 3 is 2.53 bits per heavy atom. The fourth-order valence-electron chi connectivity index (χ4n) is 3.91. The Morgan fingerprint density at radius 1 is 1.21 bits per heavy atom. The van der Waals surface area contributed by atoms with Gasteiger partial charge in [-0.05, 0) is 58.4 Å². The lowest BCUT2D eigenvalue weighted by Gasteiger charge is -2.23. The molecule has 1 aliphatic carbocycles. The van der Waals surface area contributed by atoms with Crippen LogP contribution in [0.5, 0.6) is 0 Å². The molecule has 3 aliphatic rings. The van der Waals surface area contributed by atoms with Crippen LogP contribution in [0, 0.1) is 26.7 Å². The smallest absolute Gasteiger partial charge is 0.250 e. The molecule has 2 aromatic heterocycles. The lowest BCUT2D eigenvalue weighted by Crippen LogP contribution is -2.52. The molecule has 0 spiro atoms. The third kappa shape index (κ3) is 4.39. The summed E-state index contributed by atoms with van der Waals surface area (Å²) in [5.41, 5.74) is 0.382. The van der Waals surface area contributed by atoms with Gasteiger partial charge in [-0.3, -0.25) is 0 Å². The number of thioether (sulfide) groups is 1. The van der Waals surface area contributed by atoms with Crippen molar-refractivity contribution in [1.82, 2.24) is 19.6 Å². The average Bonchev–Trinajstić information content (AvgIpc) is 3.11. The van der Waals surface area contributed by atoms with E-state index < -0.39 is 33.4 Å². The number of amides is 3. The van der Waals surface area contributed by atoms with Crippen LogP contribution in [0.15, 0.2) is 16.5 Å². The average molecular weight is 539 g/mol. The Bertz CT molecular complexity index is 1380.